The van der Waals surface area contributed by atoms with E-state index in [-0.39, 0.29) is 0 Å². The third-order valence-corrected chi connectivity index (χ3v) is 4.99. The normalized spacial score (nSPS) is 35.3. The van der Waals surface area contributed by atoms with Crippen LogP contribution in [0.15, 0.2) is 0 Å². The van der Waals surface area contributed by atoms with Crippen molar-refractivity contribution in [3.63, 3.8) is 0 Å². The Morgan fingerprint density at radius 1 is 1.17 bits per heavy atom. The molecule has 18 heavy (non-hydrogen) atoms. The van der Waals surface area contributed by atoms with Gasteiger partial charge in [-0.15, -0.1) is 0 Å². The zero-order valence-electron chi connectivity index (χ0n) is 12.3. The van der Waals surface area contributed by atoms with Crippen molar-refractivity contribution in [2.45, 2.75) is 76.9 Å². The van der Waals surface area contributed by atoms with Crippen LogP contribution >= 0.6 is 0 Å². The van der Waals surface area contributed by atoms with E-state index in [2.05, 4.69) is 19.3 Å². The molecule has 4 unspecified atom stereocenters. The van der Waals surface area contributed by atoms with Crippen LogP contribution in [0, 0.1) is 11.8 Å². The topological polar surface area (TPSA) is 21.3 Å². The lowest BCUT2D eigenvalue weighted by molar-refractivity contribution is 0.00697. The second-order valence-electron chi connectivity index (χ2n) is 6.49. The molecule has 1 heterocycles. The van der Waals surface area contributed by atoms with Crippen LogP contribution in [0.3, 0.4) is 0 Å². The van der Waals surface area contributed by atoms with E-state index in [1.807, 2.05) is 0 Å². The van der Waals surface area contributed by atoms with Gasteiger partial charge in [0.25, 0.3) is 0 Å². The molecule has 0 spiro atoms. The van der Waals surface area contributed by atoms with Gasteiger partial charge >= 0.3 is 0 Å². The van der Waals surface area contributed by atoms with E-state index in [1.165, 1.54) is 57.8 Å². The van der Waals surface area contributed by atoms with E-state index in [0.717, 1.165) is 24.5 Å². The van der Waals surface area contributed by atoms with Crippen molar-refractivity contribution in [3.05, 3.63) is 0 Å². The van der Waals surface area contributed by atoms with Gasteiger partial charge in [-0.2, -0.15) is 0 Å². The summed E-state index contributed by atoms with van der Waals surface area (Å²) in [5, 5.41) is 3.58. The van der Waals surface area contributed by atoms with Gasteiger partial charge in [0.05, 0.1) is 6.10 Å². The molecule has 2 aliphatic rings. The molecule has 0 amide bonds. The second-order valence-corrected chi connectivity index (χ2v) is 6.49. The van der Waals surface area contributed by atoms with Gasteiger partial charge in [0.15, 0.2) is 0 Å². The van der Waals surface area contributed by atoms with Gasteiger partial charge in [-0.3, -0.25) is 0 Å². The van der Waals surface area contributed by atoms with E-state index >= 15 is 0 Å². The molecule has 1 saturated heterocycles. The number of hydrogen-bond acceptors (Lipinski definition) is 2. The van der Waals surface area contributed by atoms with Gasteiger partial charge in [-0.1, -0.05) is 19.8 Å². The number of nitrogens with one attached hydrogen (secondary N) is 1. The molecule has 4 atom stereocenters. The van der Waals surface area contributed by atoms with Crippen LogP contribution in [0.4, 0.5) is 0 Å². The Morgan fingerprint density at radius 2 is 2.06 bits per heavy atom. The van der Waals surface area contributed by atoms with Crippen LogP contribution in [0.1, 0.15) is 64.7 Å². The van der Waals surface area contributed by atoms with Gasteiger partial charge in [0, 0.05) is 12.6 Å². The van der Waals surface area contributed by atoms with E-state index in [9.17, 15) is 0 Å². The lowest BCUT2D eigenvalue weighted by Gasteiger charge is -2.34. The van der Waals surface area contributed by atoms with E-state index in [1.54, 1.807) is 0 Å². The van der Waals surface area contributed by atoms with Crippen LogP contribution in [-0.4, -0.2) is 25.8 Å². The minimum atomic E-state index is 0.551. The highest BCUT2D eigenvalue weighted by Gasteiger charge is 2.26. The third kappa shape index (κ3) is 4.24. The van der Waals surface area contributed by atoms with Crippen LogP contribution < -0.4 is 5.32 Å². The first-order valence-electron chi connectivity index (χ1n) is 8.08. The predicted octanol–water partition coefficient (Wildman–Crippen LogP) is 3.75. The van der Waals surface area contributed by atoms with Crippen molar-refractivity contribution in [3.8, 4) is 0 Å². The van der Waals surface area contributed by atoms with Crippen molar-refractivity contribution >= 4 is 0 Å². The summed E-state index contributed by atoms with van der Waals surface area (Å²) in [7, 11) is 2.14. The van der Waals surface area contributed by atoms with Crippen LogP contribution in [0.2, 0.25) is 0 Å². The first-order chi connectivity index (χ1) is 8.79. The molecule has 1 aliphatic carbocycles. The van der Waals surface area contributed by atoms with E-state index in [0.29, 0.717) is 6.10 Å². The van der Waals surface area contributed by atoms with Gasteiger partial charge in [-0.05, 0) is 63.8 Å². The average molecular weight is 253 g/mol. The molecule has 0 aromatic carbocycles. The monoisotopic (exact) mass is 253 g/mol. The van der Waals surface area contributed by atoms with Gasteiger partial charge < -0.3 is 10.1 Å². The van der Waals surface area contributed by atoms with Crippen molar-refractivity contribution in [1.29, 1.82) is 0 Å². The molecule has 0 aromatic rings. The number of hydrogen-bond donors (Lipinski definition) is 1. The summed E-state index contributed by atoms with van der Waals surface area (Å²) >= 11 is 0. The maximum absolute atomic E-state index is 5.85. The smallest absolute Gasteiger partial charge is 0.0575 e. The number of ether oxygens (including phenoxy) is 1. The molecule has 0 aromatic heterocycles. The molecule has 0 radical (unpaired) electrons. The molecule has 2 fully saturated rings. The zero-order valence-corrected chi connectivity index (χ0v) is 12.3. The minimum Gasteiger partial charge on any atom is -0.378 e. The lowest BCUT2D eigenvalue weighted by atomic mass is 9.77. The Morgan fingerprint density at radius 3 is 2.72 bits per heavy atom. The molecule has 1 N–H and O–H groups in total. The molecule has 2 nitrogen and oxygen atoms in total. The summed E-state index contributed by atoms with van der Waals surface area (Å²) in [5.41, 5.74) is 0. The van der Waals surface area contributed by atoms with Crippen LogP contribution in [0.5, 0.6) is 0 Å². The first-order valence-corrected chi connectivity index (χ1v) is 8.08. The Hall–Kier alpha value is -0.0800. The van der Waals surface area contributed by atoms with Crippen molar-refractivity contribution in [1.82, 2.24) is 5.32 Å². The summed E-state index contributed by atoms with van der Waals surface area (Å²) in [4.78, 5) is 0. The lowest BCUT2D eigenvalue weighted by Crippen LogP contribution is -2.37. The Bertz CT molecular complexity index is 225. The third-order valence-electron chi connectivity index (χ3n) is 4.99. The fraction of sp³-hybridized carbons (Fsp3) is 1.00. The second kappa shape index (κ2) is 7.49. The SMILES string of the molecule is CNC(CCC1CCCCO1)C1CCCC(C)C1. The molecule has 0 bridgehead atoms. The quantitative estimate of drug-likeness (QED) is 0.805. The van der Waals surface area contributed by atoms with Crippen molar-refractivity contribution in [2.75, 3.05) is 13.7 Å². The summed E-state index contributed by atoms with van der Waals surface area (Å²) in [5.74, 6) is 1.84. The maximum Gasteiger partial charge on any atom is 0.0575 e. The highest BCUT2D eigenvalue weighted by atomic mass is 16.5. The molecule has 2 heteroatoms. The molecular formula is C16H31NO. The van der Waals surface area contributed by atoms with Crippen molar-refractivity contribution < 1.29 is 4.74 Å². The van der Waals surface area contributed by atoms with Crippen LogP contribution in [0.25, 0.3) is 0 Å². The van der Waals surface area contributed by atoms with Crippen LogP contribution in [-0.2, 0) is 4.74 Å². The minimum absolute atomic E-state index is 0.551. The Kier molecular flexibility index (Phi) is 5.97. The fourth-order valence-electron chi connectivity index (χ4n) is 3.86. The molecule has 106 valence electrons. The molecule has 2 rings (SSSR count). The summed E-state index contributed by atoms with van der Waals surface area (Å²) in [6, 6.07) is 0.721. The van der Waals surface area contributed by atoms with Crippen molar-refractivity contribution in [2.24, 2.45) is 11.8 Å². The fourth-order valence-corrected chi connectivity index (χ4v) is 3.86. The van der Waals surface area contributed by atoms with Gasteiger partial charge in [0.1, 0.15) is 0 Å². The molecular weight excluding hydrogens is 222 g/mol. The number of rotatable bonds is 5. The summed E-state index contributed by atoms with van der Waals surface area (Å²) in [6.07, 6.45) is 12.8. The predicted molar refractivity (Wildman–Crippen MR) is 76.8 cm³/mol. The maximum atomic E-state index is 5.85. The standard InChI is InChI=1S/C16H31NO/c1-13-6-5-7-14(12-13)16(17-2)10-9-15-8-3-4-11-18-15/h13-17H,3-12H2,1-2H3. The molecule has 1 aliphatic heterocycles. The highest BCUT2D eigenvalue weighted by molar-refractivity contribution is 4.81. The van der Waals surface area contributed by atoms with Gasteiger partial charge in [-0.25, -0.2) is 0 Å². The van der Waals surface area contributed by atoms with E-state index in [4.69, 9.17) is 4.74 Å². The largest absolute Gasteiger partial charge is 0.378 e. The Balaban J connectivity index is 1.73. The summed E-state index contributed by atoms with van der Waals surface area (Å²) in [6.45, 7) is 3.42. The molecule has 1 saturated carbocycles. The zero-order chi connectivity index (χ0) is 12.8. The van der Waals surface area contributed by atoms with Gasteiger partial charge in [0.2, 0.25) is 0 Å². The first kappa shape index (κ1) is 14.3. The summed E-state index contributed by atoms with van der Waals surface area (Å²) < 4.78 is 5.85. The Labute approximate surface area is 113 Å². The average Bonchev–Trinajstić information content (AvgIpc) is 2.41. The highest BCUT2D eigenvalue weighted by Crippen LogP contribution is 2.32. The van der Waals surface area contributed by atoms with E-state index < -0.39 is 0 Å².